The van der Waals surface area contributed by atoms with Crippen LogP contribution in [-0.2, 0) is 14.3 Å². The zero-order chi connectivity index (χ0) is 24.7. The van der Waals surface area contributed by atoms with E-state index < -0.39 is 6.04 Å². The lowest BCUT2D eigenvalue weighted by atomic mass is 10.1. The molecule has 0 spiro atoms. The Morgan fingerprint density at radius 1 is 1.14 bits per heavy atom. The molecule has 1 aliphatic heterocycles. The number of fused-ring (bicyclic) bond motifs is 1. The third kappa shape index (κ3) is 4.75. The first kappa shape index (κ1) is 22.6. The van der Waals surface area contributed by atoms with E-state index in [1.54, 1.807) is 54.1 Å². The molecule has 5 rings (SSSR count). The van der Waals surface area contributed by atoms with Gasteiger partial charge in [-0.05, 0) is 37.0 Å². The van der Waals surface area contributed by atoms with E-state index in [1.165, 1.54) is 0 Å². The Labute approximate surface area is 202 Å². The monoisotopic (exact) mass is 477 g/mol. The van der Waals surface area contributed by atoms with Crippen LogP contribution < -0.4 is 15.4 Å². The Morgan fingerprint density at radius 2 is 1.94 bits per heavy atom. The molecule has 2 aliphatic rings. The van der Waals surface area contributed by atoms with E-state index in [-0.39, 0.29) is 17.7 Å². The number of likely N-dealkylation sites (N-methyl/N-ethyl adjacent to an activating group) is 1. The van der Waals surface area contributed by atoms with Crippen LogP contribution in [0.5, 0.6) is 11.6 Å². The number of carbonyl (C=O) groups is 2. The maximum absolute atomic E-state index is 12.8. The lowest BCUT2D eigenvalue weighted by molar-refractivity contribution is -0.120. The normalized spacial score (nSPS) is 21.0. The number of carbonyl (C=O) groups excluding carboxylic acids is 2. The molecule has 11 nitrogen and oxygen atoms in total. The number of rotatable bonds is 6. The van der Waals surface area contributed by atoms with Gasteiger partial charge in [0.2, 0.25) is 23.6 Å². The second-order valence-corrected chi connectivity index (χ2v) is 8.97. The van der Waals surface area contributed by atoms with Crippen molar-refractivity contribution in [1.82, 2.24) is 19.6 Å². The molecule has 1 saturated carbocycles. The standard InChI is InChI=1S/C24H27N7O4/c1-13-5-6-15(10-17(13)25-24(33)18-11-22(34-4)28-30(18)3)35-21-8-7-20-26-19(12-31(20)29-21)27-23(32)16-9-14(16)2/h5-8,10,12,14,16,18H,9,11H2,1-4H3,(H,25,33)(H,27,32). The minimum Gasteiger partial charge on any atom is -0.483 e. The summed E-state index contributed by atoms with van der Waals surface area (Å²) in [5, 5.41) is 16.0. The fraction of sp³-hybridized carbons (Fsp3) is 0.375. The molecular weight excluding hydrogens is 450 g/mol. The topological polar surface area (TPSA) is 122 Å². The highest BCUT2D eigenvalue weighted by atomic mass is 16.5. The van der Waals surface area contributed by atoms with Crippen molar-refractivity contribution in [2.24, 2.45) is 16.9 Å². The van der Waals surface area contributed by atoms with Crippen LogP contribution in [0.4, 0.5) is 11.5 Å². The van der Waals surface area contributed by atoms with Crippen molar-refractivity contribution in [3.63, 3.8) is 0 Å². The van der Waals surface area contributed by atoms with Crippen LogP contribution in [0, 0.1) is 18.8 Å². The molecule has 3 aromatic rings. The van der Waals surface area contributed by atoms with Gasteiger partial charge in [0.15, 0.2) is 11.5 Å². The van der Waals surface area contributed by atoms with Gasteiger partial charge in [-0.25, -0.2) is 9.50 Å². The minimum atomic E-state index is -0.447. The zero-order valence-electron chi connectivity index (χ0n) is 20.0. The van der Waals surface area contributed by atoms with Crippen molar-refractivity contribution in [2.75, 3.05) is 24.8 Å². The van der Waals surface area contributed by atoms with Gasteiger partial charge in [0.1, 0.15) is 11.8 Å². The Bertz CT molecular complexity index is 1330. The van der Waals surface area contributed by atoms with Gasteiger partial charge < -0.3 is 20.1 Å². The van der Waals surface area contributed by atoms with Gasteiger partial charge in [-0.1, -0.05) is 13.0 Å². The molecule has 182 valence electrons. The van der Waals surface area contributed by atoms with Crippen LogP contribution >= 0.6 is 0 Å². The lowest BCUT2D eigenvalue weighted by Gasteiger charge is -2.18. The molecule has 1 aromatic carbocycles. The Kier molecular flexibility index (Phi) is 5.75. The summed E-state index contributed by atoms with van der Waals surface area (Å²) >= 11 is 0. The van der Waals surface area contributed by atoms with E-state index in [4.69, 9.17) is 9.47 Å². The molecule has 2 aromatic heterocycles. The molecular formula is C24H27N7O4. The highest BCUT2D eigenvalue weighted by Crippen LogP contribution is 2.38. The molecule has 3 heterocycles. The van der Waals surface area contributed by atoms with E-state index in [9.17, 15) is 9.59 Å². The van der Waals surface area contributed by atoms with Crippen LogP contribution in [0.15, 0.2) is 41.6 Å². The first-order valence-electron chi connectivity index (χ1n) is 11.4. The molecule has 3 atom stereocenters. The highest BCUT2D eigenvalue weighted by molar-refractivity contribution is 5.99. The number of amides is 2. The average Bonchev–Trinajstić information content (AvgIpc) is 3.24. The number of aryl methyl sites for hydroxylation is 1. The summed E-state index contributed by atoms with van der Waals surface area (Å²) in [6.07, 6.45) is 2.97. The summed E-state index contributed by atoms with van der Waals surface area (Å²) in [6, 6.07) is 8.44. The van der Waals surface area contributed by atoms with Crippen LogP contribution in [0.1, 0.15) is 25.3 Å². The molecule has 2 N–H and O–H groups in total. The van der Waals surface area contributed by atoms with Crippen molar-refractivity contribution in [2.45, 2.75) is 32.7 Å². The minimum absolute atomic E-state index is 0.0135. The number of hydrazone groups is 1. The first-order valence-corrected chi connectivity index (χ1v) is 11.4. The molecule has 35 heavy (non-hydrogen) atoms. The summed E-state index contributed by atoms with van der Waals surface area (Å²) in [7, 11) is 3.28. The first-order chi connectivity index (χ1) is 16.8. The van der Waals surface area contributed by atoms with Gasteiger partial charge in [-0.3, -0.25) is 14.6 Å². The fourth-order valence-corrected chi connectivity index (χ4v) is 3.99. The number of benzene rings is 1. The lowest BCUT2D eigenvalue weighted by Crippen LogP contribution is -2.36. The number of hydrogen-bond acceptors (Lipinski definition) is 8. The summed E-state index contributed by atoms with van der Waals surface area (Å²) in [5.74, 6) is 2.12. The summed E-state index contributed by atoms with van der Waals surface area (Å²) < 4.78 is 12.7. The molecule has 11 heteroatoms. The third-order valence-electron chi connectivity index (χ3n) is 6.31. The summed E-state index contributed by atoms with van der Waals surface area (Å²) in [6.45, 7) is 3.96. The molecule has 3 unspecified atom stereocenters. The second kappa shape index (κ2) is 8.90. The average molecular weight is 478 g/mol. The number of nitrogens with zero attached hydrogens (tertiary/aromatic N) is 5. The number of hydrogen-bond donors (Lipinski definition) is 2. The Hall–Kier alpha value is -4.15. The molecule has 2 amide bonds. The zero-order valence-corrected chi connectivity index (χ0v) is 20.0. The quantitative estimate of drug-likeness (QED) is 0.559. The molecule has 0 radical (unpaired) electrons. The summed E-state index contributed by atoms with van der Waals surface area (Å²) in [4.78, 5) is 29.4. The van der Waals surface area contributed by atoms with Crippen molar-refractivity contribution in [3.05, 3.63) is 42.1 Å². The smallest absolute Gasteiger partial charge is 0.249 e. The second-order valence-electron chi connectivity index (χ2n) is 8.97. The number of ether oxygens (including phenoxy) is 2. The van der Waals surface area contributed by atoms with Gasteiger partial charge in [-0.2, -0.15) is 0 Å². The Balaban J connectivity index is 1.27. The third-order valence-corrected chi connectivity index (χ3v) is 6.31. The molecule has 0 bridgehead atoms. The van der Waals surface area contributed by atoms with Crippen LogP contribution in [-0.4, -0.2) is 57.5 Å². The van der Waals surface area contributed by atoms with Gasteiger partial charge >= 0.3 is 0 Å². The molecule has 0 saturated heterocycles. The van der Waals surface area contributed by atoms with Gasteiger partial charge in [0.05, 0.1) is 19.7 Å². The predicted octanol–water partition coefficient (Wildman–Crippen LogP) is 3.03. The summed E-state index contributed by atoms with van der Waals surface area (Å²) in [5.41, 5.74) is 2.11. The van der Waals surface area contributed by atoms with E-state index in [1.807, 2.05) is 13.0 Å². The van der Waals surface area contributed by atoms with Crippen LogP contribution in [0.25, 0.3) is 5.65 Å². The van der Waals surface area contributed by atoms with Crippen LogP contribution in [0.3, 0.4) is 0 Å². The van der Waals surface area contributed by atoms with Crippen molar-refractivity contribution >= 4 is 34.9 Å². The SMILES string of the molecule is COC1=NN(C)C(C(=O)Nc2cc(Oc3ccc4nc(NC(=O)C5CC5C)cn4n3)ccc2C)C1. The number of methoxy groups -OCH3 is 1. The van der Waals surface area contributed by atoms with Gasteiger partial charge in [0.25, 0.3) is 0 Å². The number of aromatic nitrogens is 3. The predicted molar refractivity (Wildman–Crippen MR) is 129 cm³/mol. The number of anilines is 2. The van der Waals surface area contributed by atoms with Crippen molar-refractivity contribution in [3.8, 4) is 11.6 Å². The number of nitrogens with one attached hydrogen (secondary N) is 2. The van der Waals surface area contributed by atoms with Crippen LogP contribution in [0.2, 0.25) is 0 Å². The van der Waals surface area contributed by atoms with Gasteiger partial charge in [-0.15, -0.1) is 10.2 Å². The van der Waals surface area contributed by atoms with Crippen molar-refractivity contribution < 1.29 is 19.1 Å². The largest absolute Gasteiger partial charge is 0.483 e. The van der Waals surface area contributed by atoms with E-state index in [0.717, 1.165) is 12.0 Å². The maximum Gasteiger partial charge on any atom is 0.249 e. The van der Waals surface area contributed by atoms with E-state index in [2.05, 4.69) is 32.7 Å². The van der Waals surface area contributed by atoms with Gasteiger partial charge in [0, 0.05) is 30.8 Å². The molecule has 1 fully saturated rings. The van der Waals surface area contributed by atoms with E-state index in [0.29, 0.717) is 47.0 Å². The highest BCUT2D eigenvalue weighted by Gasteiger charge is 2.39. The molecule has 1 aliphatic carbocycles. The fourth-order valence-electron chi connectivity index (χ4n) is 3.99. The number of imidazole rings is 1. The Morgan fingerprint density at radius 3 is 2.66 bits per heavy atom. The van der Waals surface area contributed by atoms with Crippen molar-refractivity contribution in [1.29, 1.82) is 0 Å². The maximum atomic E-state index is 12.8. The van der Waals surface area contributed by atoms with E-state index >= 15 is 0 Å².